The minimum absolute atomic E-state index is 0.0550. The first-order valence-corrected chi connectivity index (χ1v) is 19.4. The molecule has 2 saturated heterocycles. The summed E-state index contributed by atoms with van der Waals surface area (Å²) in [6.07, 6.45) is 0.214. The molecule has 4 aromatic rings. The highest BCUT2D eigenvalue weighted by molar-refractivity contribution is 7.99. The number of furan rings is 1. The molecule has 0 saturated carbocycles. The van der Waals surface area contributed by atoms with E-state index in [1.807, 2.05) is 38.2 Å². The molecular formula is C40H44N4O8S. The van der Waals surface area contributed by atoms with Crippen molar-refractivity contribution in [3.05, 3.63) is 80.6 Å². The summed E-state index contributed by atoms with van der Waals surface area (Å²) in [7, 11) is 3.62. The number of methoxy groups -OCH3 is 1. The molecule has 12 nitrogen and oxygen atoms in total. The van der Waals surface area contributed by atoms with Crippen LogP contribution in [-0.4, -0.2) is 90.2 Å². The van der Waals surface area contributed by atoms with Crippen LogP contribution in [0.5, 0.6) is 23.0 Å². The van der Waals surface area contributed by atoms with Crippen LogP contribution in [0.15, 0.2) is 34.7 Å². The fourth-order valence-electron chi connectivity index (χ4n) is 10.5. The number of benzene rings is 3. The summed E-state index contributed by atoms with van der Waals surface area (Å²) in [5.74, 6) is 2.28. The second kappa shape index (κ2) is 11.8. The Kier molecular flexibility index (Phi) is 7.45. The predicted octanol–water partition coefficient (Wildman–Crippen LogP) is 4.16. The van der Waals surface area contributed by atoms with Crippen molar-refractivity contribution in [2.24, 2.45) is 5.73 Å². The third-order valence-corrected chi connectivity index (χ3v) is 14.5. The van der Waals surface area contributed by atoms with E-state index in [0.717, 1.165) is 49.9 Å². The zero-order valence-corrected chi connectivity index (χ0v) is 31.2. The van der Waals surface area contributed by atoms with Gasteiger partial charge in [-0.1, -0.05) is 24.3 Å². The highest BCUT2D eigenvalue weighted by Crippen LogP contribution is 2.63. The number of nitrogens with one attached hydrogen (secondary N) is 1. The van der Waals surface area contributed by atoms with Gasteiger partial charge in [0.05, 0.1) is 25.2 Å². The second-order valence-corrected chi connectivity index (χ2v) is 16.6. The highest BCUT2D eigenvalue weighted by atomic mass is 32.2. The molecule has 0 aliphatic carbocycles. The lowest BCUT2D eigenvalue weighted by atomic mass is 9.72. The molecular weight excluding hydrogens is 697 g/mol. The third-order valence-electron chi connectivity index (χ3n) is 13.0. The molecule has 5 N–H and O–H groups in total. The number of phenolic OH excluding ortho intramolecular Hbond substituents is 1. The molecule has 0 unspecified atom stereocenters. The van der Waals surface area contributed by atoms with Crippen LogP contribution in [0.1, 0.15) is 67.6 Å². The normalized spacial score (nSPS) is 31.5. The summed E-state index contributed by atoms with van der Waals surface area (Å²) in [6, 6.07) is 8.18. The van der Waals surface area contributed by atoms with Crippen molar-refractivity contribution >= 4 is 28.7 Å². The van der Waals surface area contributed by atoms with Crippen molar-refractivity contribution < 1.29 is 38.4 Å². The number of nitrogens with two attached hydrogens (primary N) is 1. The Morgan fingerprint density at radius 2 is 1.87 bits per heavy atom. The van der Waals surface area contributed by atoms with Gasteiger partial charge in [0.15, 0.2) is 28.5 Å². The molecule has 2 fully saturated rings. The van der Waals surface area contributed by atoms with Gasteiger partial charge in [0.25, 0.3) is 0 Å². The topological polar surface area (TPSA) is 152 Å². The van der Waals surface area contributed by atoms with Crippen molar-refractivity contribution in [1.29, 1.82) is 0 Å². The number of aryl methyl sites for hydroxylation is 1. The number of hydrogen-bond donors (Lipinski definition) is 4. The number of nitrogens with zero attached hydrogens (tertiary/aromatic N) is 2. The number of carbonyl (C=O) groups is 1. The molecule has 1 spiro atoms. The Morgan fingerprint density at radius 1 is 1.08 bits per heavy atom. The summed E-state index contributed by atoms with van der Waals surface area (Å²) in [4.78, 5) is 19.2. The summed E-state index contributed by atoms with van der Waals surface area (Å²) in [6.45, 7) is 6.47. The van der Waals surface area contributed by atoms with Crippen molar-refractivity contribution in [3.8, 4) is 23.0 Å². The Labute approximate surface area is 311 Å². The van der Waals surface area contributed by atoms with E-state index >= 15 is 0 Å². The van der Waals surface area contributed by atoms with Crippen LogP contribution in [0.2, 0.25) is 0 Å². The largest absolute Gasteiger partial charge is 0.504 e. The zero-order valence-electron chi connectivity index (χ0n) is 30.4. The van der Waals surface area contributed by atoms with E-state index in [-0.39, 0.29) is 54.3 Å². The number of rotatable bonds is 2. The molecule has 11 rings (SSSR count). The van der Waals surface area contributed by atoms with Crippen LogP contribution in [0.25, 0.3) is 11.0 Å². The third kappa shape index (κ3) is 4.34. The number of hydrogen-bond acceptors (Lipinski definition) is 13. The molecule has 8 heterocycles. The highest BCUT2D eigenvalue weighted by Gasteiger charge is 2.61. The molecule has 53 heavy (non-hydrogen) atoms. The molecule has 7 aliphatic rings. The SMILES string of the molecule is COc1c(C)cc2c(c1O)[C@@H]1[C@@H]3[C@@H]4SC[C@]5(N[C@H](CN)Cc6c5oc5ccccc65)C(=O)OC[C@@H](c5c6c(c(C)c(C)c54)OCO6)N3[C@@H](O)[C@H](C2)N1C. The van der Waals surface area contributed by atoms with Crippen molar-refractivity contribution in [2.45, 2.75) is 80.8 Å². The molecule has 1 aromatic heterocycles. The molecule has 7 aliphatic heterocycles. The first-order chi connectivity index (χ1) is 25.6. The molecule has 3 aromatic carbocycles. The van der Waals surface area contributed by atoms with E-state index < -0.39 is 23.8 Å². The number of fused-ring (bicyclic) bond motifs is 11. The van der Waals surface area contributed by atoms with Gasteiger partial charge in [-0.3, -0.25) is 15.1 Å². The summed E-state index contributed by atoms with van der Waals surface area (Å²) >= 11 is 1.64. The van der Waals surface area contributed by atoms with Gasteiger partial charge >= 0.3 is 5.97 Å². The predicted molar refractivity (Wildman–Crippen MR) is 198 cm³/mol. The smallest absolute Gasteiger partial charge is 0.335 e. The number of aliphatic hydroxyl groups is 1. The monoisotopic (exact) mass is 740 g/mol. The molecule has 278 valence electrons. The van der Waals surface area contributed by atoms with Gasteiger partial charge in [-0.2, -0.15) is 0 Å². The van der Waals surface area contributed by atoms with Gasteiger partial charge in [-0.25, -0.2) is 4.79 Å². The quantitative estimate of drug-likeness (QED) is 0.218. The zero-order chi connectivity index (χ0) is 36.7. The van der Waals surface area contributed by atoms with E-state index in [1.165, 1.54) is 0 Å². The minimum atomic E-state index is -1.34. The number of aliphatic hydroxyl groups excluding tert-OH is 1. The van der Waals surface area contributed by atoms with Gasteiger partial charge in [0.1, 0.15) is 24.2 Å². The number of carbonyl (C=O) groups excluding carboxylic acids is 1. The summed E-state index contributed by atoms with van der Waals surface area (Å²) in [5.41, 5.74) is 13.4. The van der Waals surface area contributed by atoms with E-state index in [9.17, 15) is 15.0 Å². The maximum Gasteiger partial charge on any atom is 0.335 e. The number of aromatic hydroxyl groups is 1. The standard InChI is InChI=1S/C40H44N4O8S/c1-17-10-20-11-24-38(46)44-25-14-49-39(47)40(37-23(12-21(13-41)42-40)22-8-6-7-9-26(22)52-37)15-53-36(27-18(2)19(3)34-35(29(25)27)51-16-50-34)31(44)30(43(24)4)28(20)32(45)33(17)48-5/h6-10,21,24-25,30-31,36,38,42,45-46H,11-16,41H2,1-5H3/t21-,24-,25-,30+,31+,36+,38-,40+/m0/s1. The number of thioether (sulfide) groups is 1. The van der Waals surface area contributed by atoms with Crippen LogP contribution in [0.3, 0.4) is 0 Å². The van der Waals surface area contributed by atoms with Gasteiger partial charge in [0.2, 0.25) is 6.79 Å². The van der Waals surface area contributed by atoms with Crippen molar-refractivity contribution in [3.63, 3.8) is 0 Å². The first kappa shape index (κ1) is 33.6. The molecule has 0 radical (unpaired) electrons. The van der Waals surface area contributed by atoms with Crippen LogP contribution >= 0.6 is 11.8 Å². The summed E-state index contributed by atoms with van der Waals surface area (Å²) < 4.78 is 31.2. The lowest BCUT2D eigenvalue weighted by Gasteiger charge is -2.62. The Morgan fingerprint density at radius 3 is 2.66 bits per heavy atom. The number of piperazine rings is 1. The lowest BCUT2D eigenvalue weighted by molar-refractivity contribution is -0.186. The molecule has 0 amide bonds. The van der Waals surface area contributed by atoms with E-state index in [4.69, 9.17) is 29.1 Å². The maximum absolute atomic E-state index is 14.9. The fourth-order valence-corrected chi connectivity index (χ4v) is 12.2. The van der Waals surface area contributed by atoms with Crippen LogP contribution in [0, 0.1) is 20.8 Å². The number of para-hydroxylation sites is 1. The molecule has 13 heteroatoms. The van der Waals surface area contributed by atoms with E-state index in [0.29, 0.717) is 48.0 Å². The Balaban J connectivity index is 1.22. The number of ether oxygens (including phenoxy) is 4. The average Bonchev–Trinajstić information content (AvgIpc) is 3.80. The Hall–Kier alpha value is -3.98. The minimum Gasteiger partial charge on any atom is -0.504 e. The van der Waals surface area contributed by atoms with Gasteiger partial charge in [-0.05, 0) is 74.5 Å². The van der Waals surface area contributed by atoms with Crippen LogP contribution in [0.4, 0.5) is 0 Å². The first-order valence-electron chi connectivity index (χ1n) is 18.4. The summed E-state index contributed by atoms with van der Waals surface area (Å²) in [5, 5.41) is 28.9. The fraction of sp³-hybridized carbons (Fsp3) is 0.475. The van der Waals surface area contributed by atoms with Crippen molar-refractivity contribution in [1.82, 2.24) is 15.1 Å². The number of phenols is 1. The van der Waals surface area contributed by atoms with Crippen LogP contribution in [-0.2, 0) is 27.9 Å². The van der Waals surface area contributed by atoms with Gasteiger partial charge < -0.3 is 39.3 Å². The Bertz CT molecular complexity index is 2220. The maximum atomic E-state index is 14.9. The lowest BCUT2D eigenvalue weighted by Crippen LogP contribution is -2.70. The van der Waals surface area contributed by atoms with Crippen molar-refractivity contribution in [2.75, 3.05) is 39.9 Å². The molecule has 4 bridgehead atoms. The van der Waals surface area contributed by atoms with Gasteiger partial charge in [0, 0.05) is 51.7 Å². The van der Waals surface area contributed by atoms with E-state index in [2.05, 4.69) is 35.0 Å². The average molecular weight is 741 g/mol. The molecule has 8 atom stereocenters. The second-order valence-electron chi connectivity index (χ2n) is 15.5. The van der Waals surface area contributed by atoms with Gasteiger partial charge in [-0.15, -0.1) is 11.8 Å². The van der Waals surface area contributed by atoms with Crippen LogP contribution < -0.4 is 25.3 Å². The number of likely N-dealkylation sites (N-methyl/N-ethyl adjacent to an activating group) is 1. The number of esters is 1. The van der Waals surface area contributed by atoms with E-state index in [1.54, 1.807) is 18.9 Å².